The Morgan fingerprint density at radius 3 is 2.21 bits per heavy atom. The largest absolute Gasteiger partial charge is 0.490 e. The van der Waals surface area contributed by atoms with Crippen LogP contribution in [0.2, 0.25) is 0 Å². The van der Waals surface area contributed by atoms with Crippen molar-refractivity contribution < 1.29 is 14.9 Å². The van der Waals surface area contributed by atoms with Crippen molar-refractivity contribution in [3.8, 4) is 5.75 Å². The minimum Gasteiger partial charge on any atom is -0.490 e. The number of rotatable bonds is 9. The van der Waals surface area contributed by atoms with E-state index in [4.69, 9.17) is 4.74 Å². The fourth-order valence-electron chi connectivity index (χ4n) is 2.90. The third-order valence-corrected chi connectivity index (χ3v) is 5.47. The average Bonchev–Trinajstić information content (AvgIpc) is 2.66. The molecule has 4 nitrogen and oxygen atoms in total. The molecule has 28 heavy (non-hydrogen) atoms. The summed E-state index contributed by atoms with van der Waals surface area (Å²) in [6, 6.07) is 15.5. The minimum atomic E-state index is -0.655. The standard InChI is InChI=1S/C22H30BrNO3.ClH/c1-15(2)18-10-11-21(20(23)12-18)27-14-19(25)13-24(4)16(3)22(26)17-8-6-5-7-9-17;/h5-12,15-16,19,22,25-26H,13-14H2,1-4H3;1H. The highest BCUT2D eigenvalue weighted by molar-refractivity contribution is 9.10. The maximum absolute atomic E-state index is 10.5. The lowest BCUT2D eigenvalue weighted by atomic mass is 10.0. The Balaban J connectivity index is 0.00000392. The van der Waals surface area contributed by atoms with Crippen LogP contribution in [0.25, 0.3) is 0 Å². The van der Waals surface area contributed by atoms with Gasteiger partial charge in [0.2, 0.25) is 0 Å². The number of likely N-dealkylation sites (N-methyl/N-ethyl adjacent to an activating group) is 1. The molecule has 3 atom stereocenters. The Morgan fingerprint density at radius 1 is 1.00 bits per heavy atom. The highest BCUT2D eigenvalue weighted by atomic mass is 79.9. The second-order valence-corrected chi connectivity index (χ2v) is 8.20. The summed E-state index contributed by atoms with van der Waals surface area (Å²) in [5, 5.41) is 20.9. The van der Waals surface area contributed by atoms with E-state index < -0.39 is 12.2 Å². The van der Waals surface area contributed by atoms with Gasteiger partial charge < -0.3 is 14.9 Å². The molecule has 0 aromatic heterocycles. The molecule has 0 aliphatic carbocycles. The molecule has 0 aliphatic rings. The van der Waals surface area contributed by atoms with E-state index in [0.717, 1.165) is 15.8 Å². The van der Waals surface area contributed by atoms with Gasteiger partial charge in [0.15, 0.2) is 0 Å². The zero-order valence-corrected chi connectivity index (χ0v) is 19.3. The van der Waals surface area contributed by atoms with Gasteiger partial charge in [0.25, 0.3) is 0 Å². The van der Waals surface area contributed by atoms with E-state index in [1.165, 1.54) is 5.56 Å². The lowest BCUT2D eigenvalue weighted by Crippen LogP contribution is -2.41. The van der Waals surface area contributed by atoms with E-state index >= 15 is 0 Å². The quantitative estimate of drug-likeness (QED) is 0.551. The molecule has 0 radical (unpaired) electrons. The van der Waals surface area contributed by atoms with E-state index in [1.807, 2.05) is 61.3 Å². The van der Waals surface area contributed by atoms with Crippen molar-refractivity contribution in [2.45, 2.75) is 44.9 Å². The Bertz CT molecular complexity index is 714. The number of aliphatic hydroxyl groups excluding tert-OH is 2. The molecule has 0 aliphatic heterocycles. The molecule has 2 aromatic carbocycles. The van der Waals surface area contributed by atoms with Crippen molar-refractivity contribution in [1.82, 2.24) is 4.90 Å². The van der Waals surface area contributed by atoms with Gasteiger partial charge >= 0.3 is 0 Å². The third kappa shape index (κ3) is 7.05. The zero-order chi connectivity index (χ0) is 20.0. The first-order valence-electron chi connectivity index (χ1n) is 9.33. The predicted molar refractivity (Wildman–Crippen MR) is 120 cm³/mol. The number of aliphatic hydroxyl groups is 2. The van der Waals surface area contributed by atoms with Crippen LogP contribution >= 0.6 is 28.3 Å². The van der Waals surface area contributed by atoms with Gasteiger partial charge in [-0.05, 0) is 59.1 Å². The molecule has 0 fully saturated rings. The molecule has 0 saturated carbocycles. The summed E-state index contributed by atoms with van der Waals surface area (Å²) < 4.78 is 6.66. The van der Waals surface area contributed by atoms with Crippen LogP contribution in [0.4, 0.5) is 0 Å². The van der Waals surface area contributed by atoms with Crippen LogP contribution < -0.4 is 4.74 Å². The van der Waals surface area contributed by atoms with Crippen molar-refractivity contribution in [2.24, 2.45) is 0 Å². The number of halogens is 2. The second kappa shape index (κ2) is 11.8. The first-order chi connectivity index (χ1) is 12.8. The van der Waals surface area contributed by atoms with Crippen molar-refractivity contribution in [2.75, 3.05) is 20.2 Å². The van der Waals surface area contributed by atoms with E-state index in [-0.39, 0.29) is 25.1 Å². The maximum Gasteiger partial charge on any atom is 0.133 e. The predicted octanol–water partition coefficient (Wildman–Crippen LogP) is 4.79. The Hall–Kier alpha value is -1.11. The van der Waals surface area contributed by atoms with Gasteiger partial charge in [-0.25, -0.2) is 0 Å². The van der Waals surface area contributed by atoms with E-state index in [9.17, 15) is 10.2 Å². The van der Waals surface area contributed by atoms with E-state index in [0.29, 0.717) is 12.5 Å². The van der Waals surface area contributed by atoms with Crippen molar-refractivity contribution in [3.05, 3.63) is 64.1 Å². The first-order valence-corrected chi connectivity index (χ1v) is 10.1. The number of hydrogen-bond donors (Lipinski definition) is 2. The lowest BCUT2D eigenvalue weighted by molar-refractivity contribution is 0.0261. The van der Waals surface area contributed by atoms with Gasteiger partial charge in [0.05, 0.1) is 10.6 Å². The van der Waals surface area contributed by atoms with E-state index in [1.54, 1.807) is 0 Å². The van der Waals surface area contributed by atoms with Crippen LogP contribution in [0.15, 0.2) is 53.0 Å². The maximum atomic E-state index is 10.5. The fourth-order valence-corrected chi connectivity index (χ4v) is 3.41. The lowest BCUT2D eigenvalue weighted by Gasteiger charge is -2.30. The van der Waals surface area contributed by atoms with Gasteiger partial charge in [0.1, 0.15) is 18.5 Å². The summed E-state index contributed by atoms with van der Waals surface area (Å²) in [5.74, 6) is 1.17. The zero-order valence-electron chi connectivity index (χ0n) is 16.9. The van der Waals surface area contributed by atoms with Crippen LogP contribution in [-0.4, -0.2) is 47.5 Å². The summed E-state index contributed by atoms with van der Waals surface area (Å²) in [6.45, 7) is 6.84. The van der Waals surface area contributed by atoms with Crippen LogP contribution in [0.5, 0.6) is 5.75 Å². The summed E-state index contributed by atoms with van der Waals surface area (Å²) in [5.41, 5.74) is 2.11. The summed E-state index contributed by atoms with van der Waals surface area (Å²) in [6.07, 6.45) is -1.26. The molecule has 0 heterocycles. The molecule has 2 N–H and O–H groups in total. The SMILES string of the molecule is CC(C)c1ccc(OCC(O)CN(C)C(C)C(O)c2ccccc2)c(Br)c1.Cl. The number of nitrogens with zero attached hydrogens (tertiary/aromatic N) is 1. The van der Waals surface area contributed by atoms with E-state index in [2.05, 4.69) is 35.8 Å². The first kappa shape index (κ1) is 24.9. The normalized spacial score (nSPS) is 14.5. The highest BCUT2D eigenvalue weighted by Crippen LogP contribution is 2.29. The van der Waals surface area contributed by atoms with Crippen molar-refractivity contribution in [3.63, 3.8) is 0 Å². The molecule has 0 amide bonds. The molecule has 2 aromatic rings. The van der Waals surface area contributed by atoms with Crippen LogP contribution in [0.1, 0.15) is 43.9 Å². The van der Waals surface area contributed by atoms with Crippen LogP contribution in [0, 0.1) is 0 Å². The average molecular weight is 473 g/mol. The minimum absolute atomic E-state index is 0. The molecule has 3 unspecified atom stereocenters. The molecule has 0 spiro atoms. The van der Waals surface area contributed by atoms with Crippen LogP contribution in [-0.2, 0) is 0 Å². The molecule has 0 saturated heterocycles. The number of ether oxygens (including phenoxy) is 1. The Labute approximate surface area is 183 Å². The molecule has 6 heteroatoms. The van der Waals surface area contributed by atoms with Gasteiger partial charge in [0, 0.05) is 12.6 Å². The topological polar surface area (TPSA) is 52.9 Å². The smallest absolute Gasteiger partial charge is 0.133 e. The number of benzene rings is 2. The monoisotopic (exact) mass is 471 g/mol. The van der Waals surface area contributed by atoms with Gasteiger partial charge in [-0.3, -0.25) is 4.90 Å². The molecule has 2 rings (SSSR count). The molecule has 156 valence electrons. The Morgan fingerprint density at radius 2 is 1.64 bits per heavy atom. The third-order valence-electron chi connectivity index (χ3n) is 4.85. The van der Waals surface area contributed by atoms with Gasteiger partial charge in [-0.2, -0.15) is 0 Å². The number of hydrogen-bond acceptors (Lipinski definition) is 4. The van der Waals surface area contributed by atoms with Gasteiger partial charge in [-0.1, -0.05) is 50.2 Å². The Kier molecular flexibility index (Phi) is 10.5. The van der Waals surface area contributed by atoms with Crippen molar-refractivity contribution in [1.29, 1.82) is 0 Å². The van der Waals surface area contributed by atoms with Crippen molar-refractivity contribution >= 4 is 28.3 Å². The summed E-state index contributed by atoms with van der Waals surface area (Å²) in [4.78, 5) is 1.95. The summed E-state index contributed by atoms with van der Waals surface area (Å²) in [7, 11) is 1.90. The van der Waals surface area contributed by atoms with Crippen LogP contribution in [0.3, 0.4) is 0 Å². The summed E-state index contributed by atoms with van der Waals surface area (Å²) >= 11 is 3.53. The molecular formula is C22H31BrClNO3. The molecular weight excluding hydrogens is 442 g/mol. The highest BCUT2D eigenvalue weighted by Gasteiger charge is 2.22. The molecule has 0 bridgehead atoms. The van der Waals surface area contributed by atoms with Gasteiger partial charge in [-0.15, -0.1) is 12.4 Å². The fraction of sp³-hybridized carbons (Fsp3) is 0.455. The second-order valence-electron chi connectivity index (χ2n) is 7.35.